The van der Waals surface area contributed by atoms with E-state index in [2.05, 4.69) is 0 Å². The molecule has 0 saturated heterocycles. The van der Waals surface area contributed by atoms with Crippen molar-refractivity contribution in [3.8, 4) is 0 Å². The maximum atomic E-state index is 11.6. The smallest absolute Gasteiger partial charge is 0.381 e. The summed E-state index contributed by atoms with van der Waals surface area (Å²) in [5.41, 5.74) is 5.50. The number of ether oxygens (including phenoxy) is 1. The van der Waals surface area contributed by atoms with Crippen molar-refractivity contribution in [2.75, 3.05) is 13.2 Å². The maximum absolute atomic E-state index is 11.6. The van der Waals surface area contributed by atoms with E-state index in [1.54, 1.807) is 0 Å². The zero-order valence-corrected chi connectivity index (χ0v) is 8.44. The van der Waals surface area contributed by atoms with Gasteiger partial charge in [0.25, 0.3) is 0 Å². The molecule has 0 saturated carbocycles. The minimum atomic E-state index is -4.11. The van der Waals surface area contributed by atoms with E-state index in [1.807, 2.05) is 6.92 Å². The van der Waals surface area contributed by atoms with E-state index < -0.39 is 12.6 Å². The summed E-state index contributed by atoms with van der Waals surface area (Å²) in [5.74, 6) is 0. The van der Waals surface area contributed by atoms with Gasteiger partial charge in [-0.05, 0) is 26.2 Å². The van der Waals surface area contributed by atoms with E-state index >= 15 is 0 Å². The second-order valence-corrected chi connectivity index (χ2v) is 3.45. The zero-order valence-electron chi connectivity index (χ0n) is 8.44. The molecule has 0 aliphatic carbocycles. The molecule has 2 N–H and O–H groups in total. The normalized spacial score (nSPS) is 14.4. The molecule has 2 nitrogen and oxygen atoms in total. The summed E-state index contributed by atoms with van der Waals surface area (Å²) in [5, 5.41) is 0. The Morgan fingerprint density at radius 3 is 2.36 bits per heavy atom. The number of alkyl halides is 3. The molecule has 0 bridgehead atoms. The van der Waals surface area contributed by atoms with Crippen LogP contribution in [0.2, 0.25) is 0 Å². The van der Waals surface area contributed by atoms with Gasteiger partial charge in [0, 0.05) is 12.6 Å². The predicted molar refractivity (Wildman–Crippen MR) is 49.0 cm³/mol. The summed E-state index contributed by atoms with van der Waals surface area (Å²) in [4.78, 5) is 0. The summed E-state index contributed by atoms with van der Waals surface area (Å²) < 4.78 is 39.8. The second kappa shape index (κ2) is 7.06. The van der Waals surface area contributed by atoms with Crippen molar-refractivity contribution in [3.05, 3.63) is 0 Å². The molecule has 0 rings (SSSR count). The van der Waals surface area contributed by atoms with Gasteiger partial charge in [0.1, 0.15) is 0 Å². The van der Waals surface area contributed by atoms with Crippen LogP contribution in [0.5, 0.6) is 0 Å². The summed E-state index contributed by atoms with van der Waals surface area (Å²) >= 11 is 0. The number of nitrogens with two attached hydrogens (primary N) is 1. The van der Waals surface area contributed by atoms with E-state index in [9.17, 15) is 13.2 Å². The van der Waals surface area contributed by atoms with Gasteiger partial charge in [-0.25, -0.2) is 0 Å². The van der Waals surface area contributed by atoms with E-state index in [4.69, 9.17) is 10.5 Å². The number of unbranched alkanes of at least 4 members (excludes halogenated alkanes) is 1. The first kappa shape index (κ1) is 13.7. The second-order valence-electron chi connectivity index (χ2n) is 3.45. The Labute approximate surface area is 82.6 Å². The van der Waals surface area contributed by atoms with E-state index in [-0.39, 0.29) is 12.6 Å². The third-order valence-corrected chi connectivity index (χ3v) is 1.73. The summed E-state index contributed by atoms with van der Waals surface area (Å²) in [6.07, 6.45) is -2.39. The van der Waals surface area contributed by atoms with Crippen molar-refractivity contribution in [1.29, 1.82) is 0 Å². The van der Waals surface area contributed by atoms with Crippen molar-refractivity contribution in [1.82, 2.24) is 0 Å². The van der Waals surface area contributed by atoms with Crippen molar-refractivity contribution >= 4 is 0 Å². The van der Waals surface area contributed by atoms with E-state index in [0.717, 1.165) is 19.3 Å². The lowest BCUT2D eigenvalue weighted by Gasteiger charge is -2.07. The van der Waals surface area contributed by atoms with Gasteiger partial charge in [-0.15, -0.1) is 0 Å². The molecule has 0 aromatic heterocycles. The Morgan fingerprint density at radius 2 is 1.86 bits per heavy atom. The third-order valence-electron chi connectivity index (χ3n) is 1.73. The van der Waals surface area contributed by atoms with Crippen LogP contribution >= 0.6 is 0 Å². The lowest BCUT2D eigenvalue weighted by molar-refractivity contribution is -0.145. The average molecular weight is 213 g/mol. The fraction of sp³-hybridized carbons (Fsp3) is 1.00. The minimum absolute atomic E-state index is 0.158. The Balaban J connectivity index is 3.07. The van der Waals surface area contributed by atoms with Gasteiger partial charge in [0.2, 0.25) is 0 Å². The van der Waals surface area contributed by atoms with Crippen LogP contribution < -0.4 is 5.73 Å². The van der Waals surface area contributed by atoms with Crippen molar-refractivity contribution in [2.24, 2.45) is 5.73 Å². The minimum Gasteiger partial charge on any atom is -0.381 e. The highest BCUT2D eigenvalue weighted by molar-refractivity contribution is 4.53. The molecule has 1 atom stereocenters. The molecule has 0 heterocycles. The molecule has 0 fully saturated rings. The topological polar surface area (TPSA) is 35.2 Å². The number of hydrogen-bond acceptors (Lipinski definition) is 2. The van der Waals surface area contributed by atoms with Gasteiger partial charge < -0.3 is 10.5 Å². The summed E-state index contributed by atoms with van der Waals surface area (Å²) in [7, 11) is 0. The van der Waals surface area contributed by atoms with Crippen LogP contribution in [0.1, 0.15) is 32.6 Å². The quantitative estimate of drug-likeness (QED) is 0.659. The first-order chi connectivity index (χ1) is 6.42. The number of hydrogen-bond donors (Lipinski definition) is 1. The van der Waals surface area contributed by atoms with E-state index in [1.165, 1.54) is 0 Å². The number of halogens is 3. The van der Waals surface area contributed by atoms with Crippen LogP contribution in [-0.4, -0.2) is 25.4 Å². The molecule has 0 aromatic rings. The van der Waals surface area contributed by atoms with Gasteiger partial charge in [0.05, 0.1) is 13.0 Å². The molecule has 14 heavy (non-hydrogen) atoms. The van der Waals surface area contributed by atoms with Crippen molar-refractivity contribution in [2.45, 2.75) is 44.8 Å². The fourth-order valence-corrected chi connectivity index (χ4v) is 0.960. The molecule has 0 amide bonds. The van der Waals surface area contributed by atoms with Gasteiger partial charge in [0.15, 0.2) is 0 Å². The zero-order chi connectivity index (χ0) is 11.0. The Morgan fingerprint density at radius 1 is 1.21 bits per heavy atom. The fourth-order valence-electron chi connectivity index (χ4n) is 0.960. The number of rotatable bonds is 7. The first-order valence-electron chi connectivity index (χ1n) is 4.82. The van der Waals surface area contributed by atoms with Crippen LogP contribution in [0.25, 0.3) is 0 Å². The van der Waals surface area contributed by atoms with Crippen molar-refractivity contribution < 1.29 is 17.9 Å². The molecular weight excluding hydrogens is 195 g/mol. The van der Waals surface area contributed by atoms with Crippen LogP contribution in [0.15, 0.2) is 0 Å². The maximum Gasteiger partial charge on any atom is 0.391 e. The molecule has 0 radical (unpaired) electrons. The van der Waals surface area contributed by atoms with Crippen LogP contribution in [0.4, 0.5) is 13.2 Å². The van der Waals surface area contributed by atoms with Gasteiger partial charge in [-0.3, -0.25) is 0 Å². The molecule has 0 aromatic carbocycles. The molecular formula is C9H18F3NO. The van der Waals surface area contributed by atoms with E-state index in [0.29, 0.717) is 6.61 Å². The standard InChI is InChI=1S/C9H18F3NO/c1-8(13)4-2-3-6-14-7-5-9(10,11)12/h8H,2-7,13H2,1H3. The lowest BCUT2D eigenvalue weighted by Crippen LogP contribution is -2.15. The highest BCUT2D eigenvalue weighted by atomic mass is 19.4. The predicted octanol–water partition coefficient (Wildman–Crippen LogP) is 2.47. The van der Waals surface area contributed by atoms with Crippen molar-refractivity contribution in [3.63, 3.8) is 0 Å². The SMILES string of the molecule is CC(N)CCCCOCCC(F)(F)F. The third kappa shape index (κ3) is 11.7. The van der Waals surface area contributed by atoms with Gasteiger partial charge in [-0.2, -0.15) is 13.2 Å². The summed E-state index contributed by atoms with van der Waals surface area (Å²) in [6.45, 7) is 2.06. The highest BCUT2D eigenvalue weighted by Gasteiger charge is 2.26. The first-order valence-corrected chi connectivity index (χ1v) is 4.82. The molecule has 0 spiro atoms. The molecule has 5 heteroatoms. The van der Waals surface area contributed by atoms with Crippen LogP contribution in [0.3, 0.4) is 0 Å². The Bertz CT molecular complexity index is 137. The van der Waals surface area contributed by atoms with Gasteiger partial charge in [-0.1, -0.05) is 0 Å². The lowest BCUT2D eigenvalue weighted by atomic mass is 10.1. The molecule has 0 aliphatic rings. The highest BCUT2D eigenvalue weighted by Crippen LogP contribution is 2.18. The van der Waals surface area contributed by atoms with Crippen LogP contribution in [-0.2, 0) is 4.74 Å². The Hall–Kier alpha value is -0.290. The van der Waals surface area contributed by atoms with Gasteiger partial charge >= 0.3 is 6.18 Å². The van der Waals surface area contributed by atoms with Crippen LogP contribution in [0, 0.1) is 0 Å². The molecule has 1 unspecified atom stereocenters. The monoisotopic (exact) mass is 213 g/mol. The average Bonchev–Trinajstić information content (AvgIpc) is 2.00. The largest absolute Gasteiger partial charge is 0.391 e. The molecule has 86 valence electrons. The Kier molecular flexibility index (Phi) is 6.92. The molecule has 0 aliphatic heterocycles. The summed E-state index contributed by atoms with van der Waals surface area (Å²) in [6, 6.07) is 0.158.